The second kappa shape index (κ2) is 4.00. The predicted octanol–water partition coefficient (Wildman–Crippen LogP) is -0.660. The third kappa shape index (κ3) is 3.04. The molecule has 0 aliphatic rings. The molecule has 1 N–H and O–H groups in total. The van der Waals surface area contributed by atoms with Crippen molar-refractivity contribution in [3.8, 4) is 12.0 Å². The summed E-state index contributed by atoms with van der Waals surface area (Å²) in [6.45, 7) is 0. The van der Waals surface area contributed by atoms with E-state index >= 15 is 0 Å². The lowest BCUT2D eigenvalue weighted by Gasteiger charge is -1.82. The lowest BCUT2D eigenvalue weighted by atomic mass is 10.7. The summed E-state index contributed by atoms with van der Waals surface area (Å²) in [7, 11) is 2.91. The summed E-state index contributed by atoms with van der Waals surface area (Å²) < 4.78 is 4.20. The molecule has 0 spiro atoms. The van der Waals surface area contributed by atoms with Crippen LogP contribution in [0.4, 0.5) is 0 Å². The topological polar surface area (TPSA) is 38.3 Å². The van der Waals surface area contributed by atoms with Crippen molar-refractivity contribution in [2.75, 3.05) is 14.2 Å². The lowest BCUT2D eigenvalue weighted by Crippen LogP contribution is -1.99. The van der Waals surface area contributed by atoms with Crippen LogP contribution < -0.4 is 5.32 Å². The molecule has 0 fully saturated rings. The minimum Gasteiger partial charge on any atom is -0.459 e. The van der Waals surface area contributed by atoms with Crippen molar-refractivity contribution in [2.24, 2.45) is 0 Å². The Morgan fingerprint density at radius 2 is 2.38 bits per heavy atom. The molecule has 0 rings (SSSR count). The first kappa shape index (κ1) is 6.83. The molecule has 0 saturated carbocycles. The van der Waals surface area contributed by atoms with E-state index in [-0.39, 0.29) is 0 Å². The monoisotopic (exact) mass is 113 g/mol. The molecule has 0 unspecified atom stereocenters. The fraction of sp³-hybridized carbons (Fsp3) is 0.400. The van der Waals surface area contributed by atoms with Crippen molar-refractivity contribution < 1.29 is 9.53 Å². The number of esters is 1. The highest BCUT2D eigenvalue weighted by Gasteiger charge is 1.85. The van der Waals surface area contributed by atoms with Gasteiger partial charge in [0.15, 0.2) is 0 Å². The van der Waals surface area contributed by atoms with E-state index in [1.807, 2.05) is 0 Å². The fourth-order valence-corrected chi connectivity index (χ4v) is 0.165. The van der Waals surface area contributed by atoms with Crippen LogP contribution in [0.3, 0.4) is 0 Å². The number of hydrogen-bond donors (Lipinski definition) is 1. The molecule has 0 aliphatic heterocycles. The van der Waals surface area contributed by atoms with Gasteiger partial charge >= 0.3 is 5.97 Å². The molecule has 8 heavy (non-hydrogen) atoms. The van der Waals surface area contributed by atoms with Crippen molar-refractivity contribution in [3.63, 3.8) is 0 Å². The lowest BCUT2D eigenvalue weighted by molar-refractivity contribution is -0.133. The van der Waals surface area contributed by atoms with Gasteiger partial charge in [-0.05, 0) is 0 Å². The van der Waals surface area contributed by atoms with Crippen LogP contribution in [0, 0.1) is 12.0 Å². The highest BCUT2D eigenvalue weighted by atomic mass is 16.5. The van der Waals surface area contributed by atoms with E-state index in [1.165, 1.54) is 7.11 Å². The maximum atomic E-state index is 10.1. The van der Waals surface area contributed by atoms with E-state index in [0.717, 1.165) is 0 Å². The third-order valence-corrected chi connectivity index (χ3v) is 0.475. The second-order valence-electron chi connectivity index (χ2n) is 0.992. The largest absolute Gasteiger partial charge is 0.459 e. The molecule has 0 aliphatic carbocycles. The number of rotatable bonds is 0. The van der Waals surface area contributed by atoms with Crippen molar-refractivity contribution in [2.45, 2.75) is 0 Å². The van der Waals surface area contributed by atoms with Crippen LogP contribution in [0.25, 0.3) is 0 Å². The Hall–Kier alpha value is -1.17. The molecule has 44 valence electrons. The van der Waals surface area contributed by atoms with Gasteiger partial charge in [0.25, 0.3) is 0 Å². The first-order valence-electron chi connectivity index (χ1n) is 2.07. The number of ether oxygens (including phenoxy) is 1. The van der Waals surface area contributed by atoms with Crippen LogP contribution in [0.5, 0.6) is 0 Å². The van der Waals surface area contributed by atoms with Gasteiger partial charge < -0.3 is 10.1 Å². The minimum absolute atomic E-state index is 0.528. The number of hydrogen-bond acceptors (Lipinski definition) is 3. The summed E-state index contributed by atoms with van der Waals surface area (Å²) in [4.78, 5) is 10.1. The molecule has 0 aromatic carbocycles. The summed E-state index contributed by atoms with van der Waals surface area (Å²) in [5.41, 5.74) is 0. The van der Waals surface area contributed by atoms with Gasteiger partial charge in [-0.25, -0.2) is 4.79 Å². The van der Waals surface area contributed by atoms with Crippen LogP contribution in [-0.2, 0) is 9.53 Å². The van der Waals surface area contributed by atoms with Gasteiger partial charge in [-0.2, -0.15) is 0 Å². The molecule has 0 heterocycles. The summed E-state index contributed by atoms with van der Waals surface area (Å²) in [6, 6.07) is 2.32. The van der Waals surface area contributed by atoms with E-state index in [2.05, 4.69) is 22.0 Å². The summed E-state index contributed by atoms with van der Waals surface area (Å²) >= 11 is 0. The Balaban J connectivity index is 3.52. The van der Waals surface area contributed by atoms with Gasteiger partial charge in [-0.1, -0.05) is 0 Å². The number of carbonyl (C=O) groups excluding carboxylic acids is 1. The normalized spacial score (nSPS) is 6.25. The minimum atomic E-state index is -0.528. The number of nitrogens with one attached hydrogen (secondary N) is 1. The molecule has 3 nitrogen and oxygen atoms in total. The molecule has 0 amide bonds. The van der Waals surface area contributed by atoms with Crippen LogP contribution in [0.15, 0.2) is 0 Å². The molecule has 0 bridgehead atoms. The fourth-order valence-electron chi connectivity index (χ4n) is 0.165. The Bertz CT molecular complexity index is 131. The Morgan fingerprint density at radius 3 is 2.75 bits per heavy atom. The van der Waals surface area contributed by atoms with Gasteiger partial charge in [0.1, 0.15) is 0 Å². The molecule has 0 aromatic rings. The van der Waals surface area contributed by atoms with Gasteiger partial charge in [0.05, 0.1) is 7.11 Å². The molecule has 0 atom stereocenters. The van der Waals surface area contributed by atoms with E-state index in [9.17, 15) is 4.79 Å². The van der Waals surface area contributed by atoms with Gasteiger partial charge in [0.2, 0.25) is 0 Å². The molecule has 0 saturated heterocycles. The molecule has 0 aromatic heterocycles. The van der Waals surface area contributed by atoms with E-state index < -0.39 is 5.97 Å². The zero-order valence-corrected chi connectivity index (χ0v) is 4.82. The first-order valence-corrected chi connectivity index (χ1v) is 2.07. The average Bonchev–Trinajstić information content (AvgIpc) is 1.83. The third-order valence-electron chi connectivity index (χ3n) is 0.475. The smallest absolute Gasteiger partial charge is 0.385 e. The zero-order valence-electron chi connectivity index (χ0n) is 4.82. The van der Waals surface area contributed by atoms with E-state index in [1.54, 1.807) is 7.05 Å². The molecular weight excluding hydrogens is 106 g/mol. The highest BCUT2D eigenvalue weighted by Crippen LogP contribution is 1.63. The quantitative estimate of drug-likeness (QED) is 0.257. The van der Waals surface area contributed by atoms with Crippen molar-refractivity contribution in [3.05, 3.63) is 0 Å². The molecule has 3 heteroatoms. The Kier molecular flexibility index (Phi) is 3.42. The van der Waals surface area contributed by atoms with E-state index in [4.69, 9.17) is 0 Å². The van der Waals surface area contributed by atoms with Gasteiger partial charge in [-0.15, -0.1) is 0 Å². The second-order valence-corrected chi connectivity index (χ2v) is 0.992. The SMILES string of the molecule is CNC#CC(=O)OC. The first-order chi connectivity index (χ1) is 3.81. The van der Waals surface area contributed by atoms with Gasteiger partial charge in [0, 0.05) is 19.0 Å². The highest BCUT2D eigenvalue weighted by molar-refractivity contribution is 5.88. The van der Waals surface area contributed by atoms with Gasteiger partial charge in [-0.3, -0.25) is 0 Å². The van der Waals surface area contributed by atoms with Crippen LogP contribution in [0.1, 0.15) is 0 Å². The van der Waals surface area contributed by atoms with Crippen LogP contribution in [0.2, 0.25) is 0 Å². The maximum Gasteiger partial charge on any atom is 0.385 e. The van der Waals surface area contributed by atoms with Crippen molar-refractivity contribution in [1.82, 2.24) is 5.32 Å². The maximum absolute atomic E-state index is 10.1. The van der Waals surface area contributed by atoms with Crippen LogP contribution in [-0.4, -0.2) is 20.1 Å². The Labute approximate surface area is 48.0 Å². The number of carbonyl (C=O) groups is 1. The summed E-state index contributed by atoms with van der Waals surface area (Å²) in [6.07, 6.45) is 0. The average molecular weight is 113 g/mol. The Morgan fingerprint density at radius 1 is 1.75 bits per heavy atom. The van der Waals surface area contributed by atoms with Crippen molar-refractivity contribution >= 4 is 5.97 Å². The molecular formula is C5H7NO2. The predicted molar refractivity (Wildman–Crippen MR) is 28.9 cm³/mol. The standard InChI is InChI=1S/C5H7NO2/c1-6-4-3-5(7)8-2/h6H,1-2H3. The zero-order chi connectivity index (χ0) is 6.41. The van der Waals surface area contributed by atoms with Crippen LogP contribution >= 0.6 is 0 Å². The summed E-state index contributed by atoms with van der Waals surface area (Å²) in [5, 5.41) is 2.47. The van der Waals surface area contributed by atoms with E-state index in [0.29, 0.717) is 0 Å². The summed E-state index contributed by atoms with van der Waals surface area (Å²) in [5.74, 6) is 1.63. The number of methoxy groups -OCH3 is 1. The molecule has 0 radical (unpaired) electrons. The van der Waals surface area contributed by atoms with Crippen molar-refractivity contribution in [1.29, 1.82) is 0 Å².